The lowest BCUT2D eigenvalue weighted by Gasteiger charge is -2.10. The van der Waals surface area contributed by atoms with Gasteiger partial charge in [0.2, 0.25) is 5.91 Å². The maximum absolute atomic E-state index is 12.1. The topological polar surface area (TPSA) is 56.8 Å². The molecule has 0 atom stereocenters. The van der Waals surface area contributed by atoms with Gasteiger partial charge in [-0.3, -0.25) is 4.79 Å². The van der Waals surface area contributed by atoms with E-state index in [2.05, 4.69) is 12.2 Å². The minimum Gasteiger partial charge on any atom is -0.497 e. The Bertz CT molecular complexity index is 723. The van der Waals surface area contributed by atoms with E-state index in [1.54, 1.807) is 38.5 Å². The molecule has 0 unspecified atom stereocenters. The third-order valence-electron chi connectivity index (χ3n) is 3.45. The highest BCUT2D eigenvalue weighted by atomic mass is 16.5. The predicted molar refractivity (Wildman–Crippen MR) is 99.4 cm³/mol. The summed E-state index contributed by atoms with van der Waals surface area (Å²) < 4.78 is 15.9. The van der Waals surface area contributed by atoms with Crippen LogP contribution in [0.4, 0.5) is 5.69 Å². The molecule has 0 aromatic heterocycles. The molecule has 0 saturated carbocycles. The first-order valence-corrected chi connectivity index (χ1v) is 8.10. The number of rotatable bonds is 8. The van der Waals surface area contributed by atoms with Crippen molar-refractivity contribution in [2.45, 2.75) is 13.3 Å². The summed E-state index contributed by atoms with van der Waals surface area (Å²) in [7, 11) is 3.12. The number of methoxy groups -OCH3 is 2. The first-order chi connectivity index (χ1) is 12.2. The smallest absolute Gasteiger partial charge is 0.248 e. The van der Waals surface area contributed by atoms with Gasteiger partial charge in [-0.2, -0.15) is 0 Å². The second-order valence-corrected chi connectivity index (χ2v) is 5.31. The Morgan fingerprint density at radius 1 is 1.04 bits per heavy atom. The predicted octanol–water partition coefficient (Wildman–Crippen LogP) is 4.14. The highest BCUT2D eigenvalue weighted by molar-refractivity contribution is 6.02. The SMILES string of the molecule is CCCOc1ccc(/C=C\C(=O)Nc2ccc(OC)cc2OC)cc1. The van der Waals surface area contributed by atoms with Crippen molar-refractivity contribution in [1.82, 2.24) is 0 Å². The summed E-state index contributed by atoms with van der Waals surface area (Å²) in [4.78, 5) is 12.1. The first-order valence-electron chi connectivity index (χ1n) is 8.10. The van der Waals surface area contributed by atoms with Crippen LogP contribution >= 0.6 is 0 Å². The number of ether oxygens (including phenoxy) is 3. The molecule has 132 valence electrons. The average molecular weight is 341 g/mol. The zero-order valence-corrected chi connectivity index (χ0v) is 14.7. The van der Waals surface area contributed by atoms with Crippen molar-refractivity contribution in [2.75, 3.05) is 26.1 Å². The Kier molecular flexibility index (Phi) is 6.89. The third kappa shape index (κ3) is 5.57. The molecule has 0 aliphatic heterocycles. The Morgan fingerprint density at radius 2 is 1.76 bits per heavy atom. The standard InChI is InChI=1S/C20H23NO4/c1-4-13-25-16-8-5-15(6-9-16)7-12-20(22)21-18-11-10-17(23-2)14-19(18)24-3/h5-12,14H,4,13H2,1-3H3,(H,21,22)/b12-7-. The van der Waals surface area contributed by atoms with E-state index in [9.17, 15) is 4.79 Å². The van der Waals surface area contributed by atoms with Gasteiger partial charge in [-0.05, 0) is 42.3 Å². The summed E-state index contributed by atoms with van der Waals surface area (Å²) in [5.41, 5.74) is 1.50. The molecule has 0 aliphatic carbocycles. The number of hydrogen-bond acceptors (Lipinski definition) is 4. The maximum Gasteiger partial charge on any atom is 0.248 e. The zero-order chi connectivity index (χ0) is 18.1. The van der Waals surface area contributed by atoms with Crippen molar-refractivity contribution in [3.63, 3.8) is 0 Å². The highest BCUT2D eigenvalue weighted by Gasteiger charge is 2.07. The van der Waals surface area contributed by atoms with E-state index in [4.69, 9.17) is 14.2 Å². The van der Waals surface area contributed by atoms with E-state index in [1.807, 2.05) is 24.3 Å². The van der Waals surface area contributed by atoms with E-state index in [1.165, 1.54) is 6.08 Å². The van der Waals surface area contributed by atoms with Gasteiger partial charge in [-0.1, -0.05) is 19.1 Å². The molecule has 0 spiro atoms. The Labute approximate surface area is 148 Å². The van der Waals surface area contributed by atoms with Crippen molar-refractivity contribution in [3.8, 4) is 17.2 Å². The Hall–Kier alpha value is -2.95. The normalized spacial score (nSPS) is 10.5. The molecule has 0 heterocycles. The lowest BCUT2D eigenvalue weighted by molar-refractivity contribution is -0.111. The summed E-state index contributed by atoms with van der Waals surface area (Å²) in [6, 6.07) is 12.8. The van der Waals surface area contributed by atoms with Gasteiger partial charge in [0.1, 0.15) is 17.2 Å². The lowest BCUT2D eigenvalue weighted by atomic mass is 10.2. The molecule has 0 saturated heterocycles. The van der Waals surface area contributed by atoms with Crippen LogP contribution < -0.4 is 19.5 Å². The van der Waals surface area contributed by atoms with Crippen LogP contribution in [0.1, 0.15) is 18.9 Å². The zero-order valence-electron chi connectivity index (χ0n) is 14.7. The van der Waals surface area contributed by atoms with Gasteiger partial charge in [-0.15, -0.1) is 0 Å². The molecular formula is C20H23NO4. The molecule has 25 heavy (non-hydrogen) atoms. The fraction of sp³-hybridized carbons (Fsp3) is 0.250. The molecule has 2 rings (SSSR count). The van der Waals surface area contributed by atoms with Gasteiger partial charge in [0.15, 0.2) is 0 Å². The number of amides is 1. The van der Waals surface area contributed by atoms with Crippen molar-refractivity contribution < 1.29 is 19.0 Å². The molecule has 2 aromatic carbocycles. The van der Waals surface area contributed by atoms with Crippen molar-refractivity contribution >= 4 is 17.7 Å². The molecular weight excluding hydrogens is 318 g/mol. The number of benzene rings is 2. The minimum absolute atomic E-state index is 0.241. The molecule has 0 aliphatic rings. The number of nitrogens with one attached hydrogen (secondary N) is 1. The number of carbonyl (C=O) groups excluding carboxylic acids is 1. The van der Waals surface area contributed by atoms with Crippen LogP contribution in [0.5, 0.6) is 17.2 Å². The maximum atomic E-state index is 12.1. The summed E-state index contributed by atoms with van der Waals surface area (Å²) in [6.45, 7) is 2.76. The van der Waals surface area contributed by atoms with Crippen LogP contribution in [-0.2, 0) is 4.79 Å². The van der Waals surface area contributed by atoms with Crippen LogP contribution in [0.15, 0.2) is 48.5 Å². The summed E-state index contributed by atoms with van der Waals surface area (Å²) in [5.74, 6) is 1.79. The highest BCUT2D eigenvalue weighted by Crippen LogP contribution is 2.29. The van der Waals surface area contributed by atoms with E-state index >= 15 is 0 Å². The van der Waals surface area contributed by atoms with E-state index in [0.717, 1.165) is 17.7 Å². The summed E-state index contributed by atoms with van der Waals surface area (Å²) in [5, 5.41) is 2.79. The molecule has 5 nitrogen and oxygen atoms in total. The van der Waals surface area contributed by atoms with E-state index < -0.39 is 0 Å². The van der Waals surface area contributed by atoms with E-state index in [-0.39, 0.29) is 5.91 Å². The Balaban J connectivity index is 1.98. The molecule has 0 radical (unpaired) electrons. The third-order valence-corrected chi connectivity index (χ3v) is 3.45. The lowest BCUT2D eigenvalue weighted by Crippen LogP contribution is -2.09. The van der Waals surface area contributed by atoms with Crippen molar-refractivity contribution in [3.05, 3.63) is 54.1 Å². The molecule has 5 heteroatoms. The Morgan fingerprint density at radius 3 is 2.40 bits per heavy atom. The molecule has 2 aromatic rings. The quantitative estimate of drug-likeness (QED) is 0.733. The van der Waals surface area contributed by atoms with Crippen LogP contribution in [0.25, 0.3) is 6.08 Å². The van der Waals surface area contributed by atoms with Gasteiger partial charge in [-0.25, -0.2) is 0 Å². The molecule has 0 bridgehead atoms. The molecule has 1 N–H and O–H groups in total. The molecule has 1 amide bonds. The van der Waals surface area contributed by atoms with Gasteiger partial charge in [0, 0.05) is 12.1 Å². The van der Waals surface area contributed by atoms with Crippen LogP contribution in [0.2, 0.25) is 0 Å². The fourth-order valence-electron chi connectivity index (χ4n) is 2.14. The van der Waals surface area contributed by atoms with E-state index in [0.29, 0.717) is 23.8 Å². The van der Waals surface area contributed by atoms with Gasteiger partial charge in [0.25, 0.3) is 0 Å². The number of carbonyl (C=O) groups is 1. The second-order valence-electron chi connectivity index (χ2n) is 5.31. The van der Waals surface area contributed by atoms with Gasteiger partial charge >= 0.3 is 0 Å². The minimum atomic E-state index is -0.241. The number of anilines is 1. The summed E-state index contributed by atoms with van der Waals surface area (Å²) in [6.07, 6.45) is 4.19. The van der Waals surface area contributed by atoms with Gasteiger partial charge < -0.3 is 19.5 Å². The molecule has 0 fully saturated rings. The van der Waals surface area contributed by atoms with Crippen LogP contribution in [0.3, 0.4) is 0 Å². The van der Waals surface area contributed by atoms with Crippen molar-refractivity contribution in [1.29, 1.82) is 0 Å². The number of hydrogen-bond donors (Lipinski definition) is 1. The van der Waals surface area contributed by atoms with Gasteiger partial charge in [0.05, 0.1) is 26.5 Å². The summed E-state index contributed by atoms with van der Waals surface area (Å²) >= 11 is 0. The first kappa shape index (κ1) is 18.4. The van der Waals surface area contributed by atoms with Crippen LogP contribution in [0, 0.1) is 0 Å². The second kappa shape index (κ2) is 9.37. The monoisotopic (exact) mass is 341 g/mol. The van der Waals surface area contributed by atoms with Crippen molar-refractivity contribution in [2.24, 2.45) is 0 Å². The largest absolute Gasteiger partial charge is 0.497 e. The van der Waals surface area contributed by atoms with Crippen LogP contribution in [-0.4, -0.2) is 26.7 Å². The average Bonchev–Trinajstić information content (AvgIpc) is 2.65. The fourth-order valence-corrected chi connectivity index (χ4v) is 2.14.